The highest BCUT2D eigenvalue weighted by Gasteiger charge is 2.54. The van der Waals surface area contributed by atoms with E-state index in [1.54, 1.807) is 0 Å². The number of rotatable bonds is 5. The first kappa shape index (κ1) is 20.7. The van der Waals surface area contributed by atoms with Crippen molar-refractivity contribution in [1.29, 1.82) is 0 Å². The molecule has 0 unspecified atom stereocenters. The number of ether oxygens (including phenoxy) is 4. The molecular weight excluding hydrogens is 340 g/mol. The number of carbonyl (C=O) groups is 2. The van der Waals surface area contributed by atoms with Gasteiger partial charge in [-0.2, -0.15) is 0 Å². The largest absolute Gasteiger partial charge is 0.504 e. The summed E-state index contributed by atoms with van der Waals surface area (Å²) in [5.41, 5.74) is -0.256. The van der Waals surface area contributed by atoms with Crippen molar-refractivity contribution >= 4 is 11.9 Å². The monoisotopic (exact) mass is 370 g/mol. The van der Waals surface area contributed by atoms with Gasteiger partial charge in [-0.05, 0) is 41.0 Å². The predicted molar refractivity (Wildman–Crippen MR) is 94.2 cm³/mol. The molecule has 0 bridgehead atoms. The van der Waals surface area contributed by atoms with Crippen molar-refractivity contribution in [2.24, 2.45) is 5.92 Å². The summed E-state index contributed by atoms with van der Waals surface area (Å²) >= 11 is 0. The fourth-order valence-corrected chi connectivity index (χ4v) is 3.24. The van der Waals surface area contributed by atoms with E-state index in [0.29, 0.717) is 13.0 Å². The summed E-state index contributed by atoms with van der Waals surface area (Å²) < 4.78 is 22.6. The Hall–Kier alpha value is -1.64. The summed E-state index contributed by atoms with van der Waals surface area (Å²) in [6.07, 6.45) is 2.53. The Morgan fingerprint density at radius 3 is 2.50 bits per heavy atom. The second-order valence-corrected chi connectivity index (χ2v) is 8.09. The van der Waals surface area contributed by atoms with Crippen LogP contribution in [0.2, 0.25) is 0 Å². The fourth-order valence-electron chi connectivity index (χ4n) is 3.24. The number of amides is 3. The molecule has 8 heteroatoms. The highest BCUT2D eigenvalue weighted by atomic mass is 16.8. The molecule has 0 spiro atoms. The van der Waals surface area contributed by atoms with E-state index in [1.807, 2.05) is 34.6 Å². The first-order chi connectivity index (χ1) is 12.0. The summed E-state index contributed by atoms with van der Waals surface area (Å²) in [6, 6.07) is -0.847. The van der Waals surface area contributed by atoms with E-state index in [0.717, 1.165) is 6.08 Å². The van der Waals surface area contributed by atoms with Crippen LogP contribution in [0.15, 0.2) is 12.3 Å². The third-order valence-electron chi connectivity index (χ3n) is 4.22. The molecule has 1 saturated carbocycles. The summed E-state index contributed by atoms with van der Waals surface area (Å²) in [7, 11) is 1.42. The molecule has 1 aliphatic carbocycles. The van der Waals surface area contributed by atoms with Gasteiger partial charge in [0.05, 0.1) is 37.7 Å². The maximum atomic E-state index is 12.1. The van der Waals surface area contributed by atoms with Crippen molar-refractivity contribution < 1.29 is 28.5 Å². The molecule has 0 aromatic rings. The van der Waals surface area contributed by atoms with Crippen LogP contribution < -0.4 is 10.6 Å². The number of nitrogens with one attached hydrogen (secondary N) is 2. The minimum atomic E-state index is -0.719. The molecule has 4 atom stereocenters. The topological polar surface area (TPSA) is 95.1 Å². The maximum absolute atomic E-state index is 12.1. The number of carbonyl (C=O) groups excluding carboxylic acids is 2. The summed E-state index contributed by atoms with van der Waals surface area (Å²) in [4.78, 5) is 23.7. The van der Waals surface area contributed by atoms with Crippen LogP contribution in [0.5, 0.6) is 0 Å². The van der Waals surface area contributed by atoms with E-state index >= 15 is 0 Å². The van der Waals surface area contributed by atoms with Crippen molar-refractivity contribution in [3.63, 3.8) is 0 Å². The van der Waals surface area contributed by atoms with Gasteiger partial charge in [0.1, 0.15) is 6.10 Å². The van der Waals surface area contributed by atoms with Gasteiger partial charge in [-0.25, -0.2) is 4.79 Å². The zero-order chi connectivity index (χ0) is 19.5. The summed E-state index contributed by atoms with van der Waals surface area (Å²) in [5.74, 6) is -1.19. The van der Waals surface area contributed by atoms with Crippen LogP contribution in [0.1, 0.15) is 41.0 Å². The number of hydrogen-bond acceptors (Lipinski definition) is 6. The van der Waals surface area contributed by atoms with Gasteiger partial charge in [0, 0.05) is 12.0 Å². The highest BCUT2D eigenvalue weighted by Crippen LogP contribution is 2.42. The molecule has 0 aromatic carbocycles. The van der Waals surface area contributed by atoms with Crippen LogP contribution in [0.4, 0.5) is 4.79 Å². The van der Waals surface area contributed by atoms with Gasteiger partial charge in [-0.3, -0.25) is 10.1 Å². The molecule has 2 rings (SSSR count). The molecule has 2 aliphatic rings. The SMILES string of the molecule is COC=CC(=O)NC(=O)N[C@@H]1C[C@H](COC(C)(C)C)[C@H]2OC(C)(C)O[C@H]21. The van der Waals surface area contributed by atoms with Gasteiger partial charge in [0.2, 0.25) is 0 Å². The van der Waals surface area contributed by atoms with Crippen molar-refractivity contribution in [3.8, 4) is 0 Å². The van der Waals surface area contributed by atoms with Crippen molar-refractivity contribution in [3.05, 3.63) is 12.3 Å². The average molecular weight is 370 g/mol. The third kappa shape index (κ3) is 5.69. The molecule has 2 N–H and O–H groups in total. The molecule has 1 saturated heterocycles. The van der Waals surface area contributed by atoms with E-state index in [9.17, 15) is 9.59 Å². The van der Waals surface area contributed by atoms with Gasteiger partial charge < -0.3 is 24.3 Å². The lowest BCUT2D eigenvalue weighted by atomic mass is 10.1. The van der Waals surface area contributed by atoms with Crippen LogP contribution in [0, 0.1) is 5.92 Å². The van der Waals surface area contributed by atoms with Crippen molar-refractivity contribution in [2.45, 2.75) is 70.7 Å². The van der Waals surface area contributed by atoms with E-state index < -0.39 is 17.7 Å². The number of urea groups is 1. The minimum Gasteiger partial charge on any atom is -0.504 e. The Labute approximate surface area is 154 Å². The molecule has 1 heterocycles. The lowest BCUT2D eigenvalue weighted by Gasteiger charge is -2.26. The number of hydrogen-bond donors (Lipinski definition) is 2. The van der Waals surface area contributed by atoms with Gasteiger partial charge >= 0.3 is 6.03 Å². The molecule has 3 amide bonds. The molecule has 26 heavy (non-hydrogen) atoms. The predicted octanol–water partition coefficient (Wildman–Crippen LogP) is 1.70. The molecule has 8 nitrogen and oxygen atoms in total. The van der Waals surface area contributed by atoms with Gasteiger partial charge in [-0.15, -0.1) is 0 Å². The standard InChI is InChI=1S/C18H30N2O6/c1-17(2,3)24-10-11-9-12(15-14(11)25-18(4,5)26-15)19-16(22)20-13(21)7-8-23-6/h7-8,11-12,14-15H,9-10H2,1-6H3,(H2,19,20,21,22)/t11-,12-,14-,15+/m1/s1. The Kier molecular flexibility index (Phi) is 6.31. The van der Waals surface area contributed by atoms with Gasteiger partial charge in [-0.1, -0.05) is 0 Å². The molecular formula is C18H30N2O6. The van der Waals surface area contributed by atoms with E-state index in [-0.39, 0.29) is 29.8 Å². The van der Waals surface area contributed by atoms with Crippen LogP contribution in [-0.2, 0) is 23.7 Å². The summed E-state index contributed by atoms with van der Waals surface area (Å²) in [5, 5.41) is 5.05. The minimum absolute atomic E-state index is 0.0930. The van der Waals surface area contributed by atoms with Crippen LogP contribution in [0.3, 0.4) is 0 Å². The fraction of sp³-hybridized carbons (Fsp3) is 0.778. The molecule has 148 valence electrons. The first-order valence-corrected chi connectivity index (χ1v) is 8.81. The Morgan fingerprint density at radius 2 is 1.88 bits per heavy atom. The Balaban J connectivity index is 1.98. The maximum Gasteiger partial charge on any atom is 0.322 e. The normalized spacial score (nSPS) is 30.2. The quantitative estimate of drug-likeness (QED) is 0.565. The Morgan fingerprint density at radius 1 is 1.23 bits per heavy atom. The van der Waals surface area contributed by atoms with Gasteiger partial charge in [0.15, 0.2) is 5.79 Å². The average Bonchev–Trinajstić information content (AvgIpc) is 2.96. The van der Waals surface area contributed by atoms with Crippen molar-refractivity contribution in [2.75, 3.05) is 13.7 Å². The molecule has 0 radical (unpaired) electrons. The number of imide groups is 1. The molecule has 1 aliphatic heterocycles. The zero-order valence-corrected chi connectivity index (χ0v) is 16.3. The van der Waals surface area contributed by atoms with Crippen molar-refractivity contribution in [1.82, 2.24) is 10.6 Å². The number of methoxy groups -OCH3 is 1. The lowest BCUT2D eigenvalue weighted by molar-refractivity contribution is -0.162. The highest BCUT2D eigenvalue weighted by molar-refractivity contribution is 6.00. The van der Waals surface area contributed by atoms with E-state index in [4.69, 9.17) is 14.2 Å². The zero-order valence-electron chi connectivity index (χ0n) is 16.3. The second kappa shape index (κ2) is 7.94. The first-order valence-electron chi connectivity index (χ1n) is 8.81. The number of fused-ring (bicyclic) bond motifs is 1. The Bertz CT molecular complexity index is 554. The smallest absolute Gasteiger partial charge is 0.322 e. The van der Waals surface area contributed by atoms with E-state index in [2.05, 4.69) is 15.4 Å². The lowest BCUT2D eigenvalue weighted by Crippen LogP contribution is -2.48. The van der Waals surface area contributed by atoms with Crippen LogP contribution in [-0.4, -0.2) is 55.3 Å². The third-order valence-corrected chi connectivity index (χ3v) is 4.22. The van der Waals surface area contributed by atoms with Crippen LogP contribution >= 0.6 is 0 Å². The van der Waals surface area contributed by atoms with E-state index in [1.165, 1.54) is 13.4 Å². The summed E-state index contributed by atoms with van der Waals surface area (Å²) in [6.45, 7) is 10.2. The second-order valence-electron chi connectivity index (χ2n) is 8.09. The molecule has 0 aromatic heterocycles. The van der Waals surface area contributed by atoms with Gasteiger partial charge in [0.25, 0.3) is 5.91 Å². The molecule has 2 fully saturated rings. The van der Waals surface area contributed by atoms with Crippen LogP contribution in [0.25, 0.3) is 0 Å².